The van der Waals surface area contributed by atoms with Gasteiger partial charge in [-0.05, 0) is 68.3 Å². The van der Waals surface area contributed by atoms with Gasteiger partial charge in [0.25, 0.3) is 0 Å². The van der Waals surface area contributed by atoms with Crippen LogP contribution in [0.2, 0.25) is 0 Å². The molecule has 1 saturated heterocycles. The van der Waals surface area contributed by atoms with Crippen LogP contribution in [0.5, 0.6) is 0 Å². The average molecular weight is 246 g/mol. The van der Waals surface area contributed by atoms with Crippen molar-refractivity contribution in [2.24, 2.45) is 17.6 Å². The Balaban J connectivity index is 1.99. The lowest BCUT2D eigenvalue weighted by Crippen LogP contribution is -2.21. The van der Waals surface area contributed by atoms with Crippen LogP contribution in [0.25, 0.3) is 0 Å². The third-order valence-corrected chi connectivity index (χ3v) is 4.00. The van der Waals surface area contributed by atoms with Crippen molar-refractivity contribution in [2.45, 2.75) is 33.6 Å². The summed E-state index contributed by atoms with van der Waals surface area (Å²) in [5, 5.41) is 0. The Hall–Kier alpha value is -1.02. The zero-order valence-electron chi connectivity index (χ0n) is 11.9. The van der Waals surface area contributed by atoms with Crippen LogP contribution in [0.15, 0.2) is 18.2 Å². The smallest absolute Gasteiger partial charge is 0.0371 e. The summed E-state index contributed by atoms with van der Waals surface area (Å²) >= 11 is 0. The SMILES string of the molecule is Cc1cc(C)cc(N2CCC(CC(C)CN)C2)c1. The minimum atomic E-state index is 0.661. The molecule has 2 nitrogen and oxygen atoms in total. The minimum absolute atomic E-state index is 0.661. The fourth-order valence-electron chi connectivity index (χ4n) is 3.06. The molecule has 0 aromatic heterocycles. The summed E-state index contributed by atoms with van der Waals surface area (Å²) in [5.74, 6) is 1.48. The van der Waals surface area contributed by atoms with Crippen LogP contribution < -0.4 is 10.6 Å². The highest BCUT2D eigenvalue weighted by Gasteiger charge is 2.24. The summed E-state index contributed by atoms with van der Waals surface area (Å²) in [6.07, 6.45) is 2.59. The van der Waals surface area contributed by atoms with Crippen molar-refractivity contribution in [1.82, 2.24) is 0 Å². The molecule has 2 N–H and O–H groups in total. The molecular weight excluding hydrogens is 220 g/mol. The van der Waals surface area contributed by atoms with E-state index in [9.17, 15) is 0 Å². The highest BCUT2D eigenvalue weighted by atomic mass is 15.1. The first-order valence-corrected chi connectivity index (χ1v) is 7.11. The van der Waals surface area contributed by atoms with E-state index in [0.717, 1.165) is 12.5 Å². The van der Waals surface area contributed by atoms with Crippen LogP contribution >= 0.6 is 0 Å². The molecule has 1 aliphatic rings. The summed E-state index contributed by atoms with van der Waals surface area (Å²) in [6, 6.07) is 6.86. The highest BCUT2D eigenvalue weighted by molar-refractivity contribution is 5.51. The zero-order valence-corrected chi connectivity index (χ0v) is 11.9. The third-order valence-electron chi connectivity index (χ3n) is 4.00. The summed E-state index contributed by atoms with van der Waals surface area (Å²) in [4.78, 5) is 2.54. The second kappa shape index (κ2) is 5.75. The standard InChI is InChI=1S/C16H26N2/c1-12-6-13(2)9-16(8-12)18-5-4-15(11-18)7-14(3)10-17/h6,8-9,14-15H,4-5,7,10-11,17H2,1-3H3. The highest BCUT2D eigenvalue weighted by Crippen LogP contribution is 2.28. The number of nitrogens with zero attached hydrogens (tertiary/aromatic N) is 1. The van der Waals surface area contributed by atoms with Crippen LogP contribution in [0.1, 0.15) is 30.9 Å². The monoisotopic (exact) mass is 246 g/mol. The van der Waals surface area contributed by atoms with Gasteiger partial charge >= 0.3 is 0 Å². The molecule has 100 valence electrons. The van der Waals surface area contributed by atoms with Gasteiger partial charge in [0, 0.05) is 18.8 Å². The molecule has 2 atom stereocenters. The molecule has 0 saturated carbocycles. The van der Waals surface area contributed by atoms with E-state index in [1.807, 2.05) is 0 Å². The van der Waals surface area contributed by atoms with E-state index in [-0.39, 0.29) is 0 Å². The van der Waals surface area contributed by atoms with Gasteiger partial charge in [0.15, 0.2) is 0 Å². The summed E-state index contributed by atoms with van der Waals surface area (Å²) < 4.78 is 0. The van der Waals surface area contributed by atoms with Crippen LogP contribution in [-0.2, 0) is 0 Å². The molecule has 0 aliphatic carbocycles. The lowest BCUT2D eigenvalue weighted by molar-refractivity contribution is 0.423. The van der Waals surface area contributed by atoms with Gasteiger partial charge in [0.2, 0.25) is 0 Å². The van der Waals surface area contributed by atoms with Gasteiger partial charge in [-0.3, -0.25) is 0 Å². The maximum Gasteiger partial charge on any atom is 0.0371 e. The molecule has 0 amide bonds. The van der Waals surface area contributed by atoms with Crippen molar-refractivity contribution >= 4 is 5.69 Å². The number of benzene rings is 1. The third kappa shape index (κ3) is 3.26. The normalized spacial score (nSPS) is 21.3. The Morgan fingerprint density at radius 1 is 1.28 bits per heavy atom. The Kier molecular flexibility index (Phi) is 4.28. The maximum absolute atomic E-state index is 5.72. The molecule has 1 aromatic carbocycles. The van der Waals surface area contributed by atoms with E-state index in [1.165, 1.54) is 42.7 Å². The van der Waals surface area contributed by atoms with E-state index < -0.39 is 0 Å². The maximum atomic E-state index is 5.72. The van der Waals surface area contributed by atoms with E-state index in [1.54, 1.807) is 0 Å². The number of aryl methyl sites for hydroxylation is 2. The molecule has 0 spiro atoms. The van der Waals surface area contributed by atoms with Crippen molar-refractivity contribution in [1.29, 1.82) is 0 Å². The molecule has 18 heavy (non-hydrogen) atoms. The predicted octanol–water partition coefficient (Wildman–Crippen LogP) is 3.11. The van der Waals surface area contributed by atoms with Crippen molar-refractivity contribution < 1.29 is 0 Å². The van der Waals surface area contributed by atoms with Crippen molar-refractivity contribution in [3.63, 3.8) is 0 Å². The number of hydrogen-bond acceptors (Lipinski definition) is 2. The number of anilines is 1. The molecule has 2 rings (SSSR count). The Morgan fingerprint density at radius 3 is 2.56 bits per heavy atom. The van der Waals surface area contributed by atoms with Crippen LogP contribution in [0.4, 0.5) is 5.69 Å². The lowest BCUT2D eigenvalue weighted by Gasteiger charge is -2.21. The Morgan fingerprint density at radius 2 is 1.94 bits per heavy atom. The predicted molar refractivity (Wildman–Crippen MR) is 79.1 cm³/mol. The number of hydrogen-bond donors (Lipinski definition) is 1. The summed E-state index contributed by atoms with van der Waals surface area (Å²) in [7, 11) is 0. The largest absolute Gasteiger partial charge is 0.371 e. The summed E-state index contributed by atoms with van der Waals surface area (Å²) in [6.45, 7) is 9.85. The first-order valence-electron chi connectivity index (χ1n) is 7.11. The second-order valence-corrected chi connectivity index (χ2v) is 6.02. The first kappa shape index (κ1) is 13.4. The quantitative estimate of drug-likeness (QED) is 0.884. The van der Waals surface area contributed by atoms with E-state index >= 15 is 0 Å². The average Bonchev–Trinajstić information content (AvgIpc) is 2.76. The molecule has 0 radical (unpaired) electrons. The molecule has 1 aromatic rings. The van der Waals surface area contributed by atoms with Crippen molar-refractivity contribution in [3.05, 3.63) is 29.3 Å². The van der Waals surface area contributed by atoms with Gasteiger partial charge in [-0.25, -0.2) is 0 Å². The number of rotatable bonds is 4. The zero-order chi connectivity index (χ0) is 13.1. The van der Waals surface area contributed by atoms with E-state index in [2.05, 4.69) is 43.9 Å². The Labute approximate surface area is 111 Å². The van der Waals surface area contributed by atoms with Crippen molar-refractivity contribution in [2.75, 3.05) is 24.5 Å². The topological polar surface area (TPSA) is 29.3 Å². The van der Waals surface area contributed by atoms with Gasteiger partial charge in [0.05, 0.1) is 0 Å². The first-order chi connectivity index (χ1) is 8.58. The molecule has 2 heteroatoms. The molecule has 2 unspecified atom stereocenters. The molecule has 1 fully saturated rings. The Bertz CT molecular complexity index is 380. The molecule has 1 aliphatic heterocycles. The van der Waals surface area contributed by atoms with Crippen LogP contribution in [0.3, 0.4) is 0 Å². The van der Waals surface area contributed by atoms with Gasteiger partial charge in [-0.1, -0.05) is 13.0 Å². The fourth-order valence-corrected chi connectivity index (χ4v) is 3.06. The molecule has 1 heterocycles. The van der Waals surface area contributed by atoms with E-state index in [0.29, 0.717) is 5.92 Å². The van der Waals surface area contributed by atoms with Gasteiger partial charge in [0.1, 0.15) is 0 Å². The van der Waals surface area contributed by atoms with Gasteiger partial charge < -0.3 is 10.6 Å². The van der Waals surface area contributed by atoms with Crippen molar-refractivity contribution in [3.8, 4) is 0 Å². The van der Waals surface area contributed by atoms with Crippen LogP contribution in [0, 0.1) is 25.7 Å². The summed E-state index contributed by atoms with van der Waals surface area (Å²) in [5.41, 5.74) is 9.85. The lowest BCUT2D eigenvalue weighted by atomic mass is 9.95. The van der Waals surface area contributed by atoms with Crippen LogP contribution in [-0.4, -0.2) is 19.6 Å². The molecular formula is C16H26N2. The molecule has 0 bridgehead atoms. The number of nitrogens with two attached hydrogens (primary N) is 1. The van der Waals surface area contributed by atoms with E-state index in [4.69, 9.17) is 5.73 Å². The fraction of sp³-hybridized carbons (Fsp3) is 0.625. The minimum Gasteiger partial charge on any atom is -0.371 e. The second-order valence-electron chi connectivity index (χ2n) is 6.02. The van der Waals surface area contributed by atoms with Gasteiger partial charge in [-0.2, -0.15) is 0 Å². The van der Waals surface area contributed by atoms with Gasteiger partial charge in [-0.15, -0.1) is 0 Å².